The quantitative estimate of drug-likeness (QED) is 0.853. The molecule has 5 heteroatoms. The summed E-state index contributed by atoms with van der Waals surface area (Å²) in [5.74, 6) is 0.442. The molecule has 0 aromatic heterocycles. The van der Waals surface area contributed by atoms with Gasteiger partial charge in [0.15, 0.2) is 0 Å². The van der Waals surface area contributed by atoms with E-state index in [1.54, 1.807) is 12.1 Å². The SMILES string of the molecule is Cc1ccc(C(N)C(=O)NCC(C)Oc2cccc(Cl)c2)cc1. The topological polar surface area (TPSA) is 64.4 Å². The highest BCUT2D eigenvalue weighted by molar-refractivity contribution is 6.30. The number of amides is 1. The molecule has 0 aliphatic rings. The highest BCUT2D eigenvalue weighted by atomic mass is 35.5. The maximum atomic E-state index is 12.1. The molecule has 2 unspecified atom stereocenters. The van der Waals surface area contributed by atoms with Gasteiger partial charge in [-0.2, -0.15) is 0 Å². The van der Waals surface area contributed by atoms with Gasteiger partial charge in [-0.3, -0.25) is 4.79 Å². The van der Waals surface area contributed by atoms with E-state index in [4.69, 9.17) is 22.1 Å². The van der Waals surface area contributed by atoms with Gasteiger partial charge in [0.2, 0.25) is 5.91 Å². The van der Waals surface area contributed by atoms with Crippen LogP contribution in [0, 0.1) is 6.92 Å². The predicted octanol–water partition coefficient (Wildman–Crippen LogP) is 3.23. The fourth-order valence-electron chi connectivity index (χ4n) is 2.09. The molecule has 2 aromatic rings. The second kappa shape index (κ2) is 7.99. The summed E-state index contributed by atoms with van der Waals surface area (Å²) in [5.41, 5.74) is 7.89. The molecule has 122 valence electrons. The number of carbonyl (C=O) groups excluding carboxylic acids is 1. The van der Waals surface area contributed by atoms with Crippen LogP contribution in [0.3, 0.4) is 0 Å². The Labute approximate surface area is 141 Å². The van der Waals surface area contributed by atoms with Crippen molar-refractivity contribution >= 4 is 17.5 Å². The van der Waals surface area contributed by atoms with Crippen LogP contribution in [0.5, 0.6) is 5.75 Å². The molecule has 0 heterocycles. The molecule has 0 fully saturated rings. The number of hydrogen-bond donors (Lipinski definition) is 2. The van der Waals surface area contributed by atoms with E-state index in [1.165, 1.54) is 0 Å². The van der Waals surface area contributed by atoms with Crippen molar-refractivity contribution in [3.05, 3.63) is 64.7 Å². The zero-order valence-corrected chi connectivity index (χ0v) is 14.0. The van der Waals surface area contributed by atoms with Gasteiger partial charge in [-0.1, -0.05) is 47.5 Å². The molecule has 0 aliphatic heterocycles. The number of carbonyl (C=O) groups is 1. The van der Waals surface area contributed by atoms with Gasteiger partial charge < -0.3 is 15.8 Å². The van der Waals surface area contributed by atoms with Gasteiger partial charge in [-0.15, -0.1) is 0 Å². The van der Waals surface area contributed by atoms with Crippen LogP contribution in [0.4, 0.5) is 0 Å². The average molecular weight is 333 g/mol. The van der Waals surface area contributed by atoms with E-state index in [1.807, 2.05) is 50.2 Å². The smallest absolute Gasteiger partial charge is 0.241 e. The number of aryl methyl sites for hydroxylation is 1. The van der Waals surface area contributed by atoms with Gasteiger partial charge in [-0.25, -0.2) is 0 Å². The lowest BCUT2D eigenvalue weighted by Crippen LogP contribution is -2.39. The minimum atomic E-state index is -0.686. The molecule has 2 aromatic carbocycles. The van der Waals surface area contributed by atoms with E-state index in [0.29, 0.717) is 17.3 Å². The summed E-state index contributed by atoms with van der Waals surface area (Å²) in [6.45, 7) is 4.23. The fraction of sp³-hybridized carbons (Fsp3) is 0.278. The number of benzene rings is 2. The van der Waals surface area contributed by atoms with Crippen molar-refractivity contribution in [1.29, 1.82) is 0 Å². The van der Waals surface area contributed by atoms with Crippen molar-refractivity contribution in [2.75, 3.05) is 6.54 Å². The van der Waals surface area contributed by atoms with E-state index >= 15 is 0 Å². The zero-order chi connectivity index (χ0) is 16.8. The van der Waals surface area contributed by atoms with Crippen molar-refractivity contribution in [2.45, 2.75) is 26.0 Å². The first-order valence-corrected chi connectivity index (χ1v) is 7.85. The molecular weight excluding hydrogens is 312 g/mol. The van der Waals surface area contributed by atoms with Crippen LogP contribution in [0.25, 0.3) is 0 Å². The van der Waals surface area contributed by atoms with E-state index in [-0.39, 0.29) is 12.0 Å². The van der Waals surface area contributed by atoms with Crippen LogP contribution in [0.2, 0.25) is 5.02 Å². The number of rotatable bonds is 6. The molecule has 0 bridgehead atoms. The van der Waals surface area contributed by atoms with Crippen LogP contribution in [-0.4, -0.2) is 18.6 Å². The van der Waals surface area contributed by atoms with Crippen molar-refractivity contribution < 1.29 is 9.53 Å². The molecule has 0 spiro atoms. The van der Waals surface area contributed by atoms with E-state index in [0.717, 1.165) is 11.1 Å². The Bertz CT molecular complexity index is 658. The third-order valence-electron chi connectivity index (χ3n) is 3.42. The molecule has 4 nitrogen and oxygen atoms in total. The third kappa shape index (κ3) is 5.27. The Morgan fingerprint density at radius 3 is 2.61 bits per heavy atom. The summed E-state index contributed by atoms with van der Waals surface area (Å²) in [7, 11) is 0. The Morgan fingerprint density at radius 1 is 1.26 bits per heavy atom. The van der Waals surface area contributed by atoms with Gasteiger partial charge in [-0.05, 0) is 37.6 Å². The van der Waals surface area contributed by atoms with Crippen molar-refractivity contribution in [2.24, 2.45) is 5.73 Å². The monoisotopic (exact) mass is 332 g/mol. The zero-order valence-electron chi connectivity index (χ0n) is 13.3. The molecule has 0 radical (unpaired) electrons. The standard InChI is InChI=1S/C18H21ClN2O2/c1-12-6-8-14(9-7-12)17(20)18(22)21-11-13(2)23-16-5-3-4-15(19)10-16/h3-10,13,17H,11,20H2,1-2H3,(H,21,22). The Balaban J connectivity index is 1.84. The molecule has 1 amide bonds. The highest BCUT2D eigenvalue weighted by Crippen LogP contribution is 2.18. The lowest BCUT2D eigenvalue weighted by atomic mass is 10.1. The fourth-order valence-corrected chi connectivity index (χ4v) is 2.27. The maximum absolute atomic E-state index is 12.1. The number of nitrogens with two attached hydrogens (primary N) is 1. The minimum absolute atomic E-state index is 0.192. The number of hydrogen-bond acceptors (Lipinski definition) is 3. The minimum Gasteiger partial charge on any atom is -0.489 e. The molecule has 0 saturated heterocycles. The molecular formula is C18H21ClN2O2. The Morgan fingerprint density at radius 2 is 1.96 bits per heavy atom. The number of nitrogens with one attached hydrogen (secondary N) is 1. The van der Waals surface area contributed by atoms with Gasteiger partial charge in [0.25, 0.3) is 0 Å². The van der Waals surface area contributed by atoms with Crippen LogP contribution in [0.15, 0.2) is 48.5 Å². The van der Waals surface area contributed by atoms with Gasteiger partial charge in [0.1, 0.15) is 17.9 Å². The first kappa shape index (κ1) is 17.3. The van der Waals surface area contributed by atoms with Crippen LogP contribution in [-0.2, 0) is 4.79 Å². The van der Waals surface area contributed by atoms with Gasteiger partial charge >= 0.3 is 0 Å². The molecule has 2 atom stereocenters. The third-order valence-corrected chi connectivity index (χ3v) is 3.65. The summed E-state index contributed by atoms with van der Waals surface area (Å²) in [5, 5.41) is 3.42. The van der Waals surface area contributed by atoms with Gasteiger partial charge in [0.05, 0.1) is 6.54 Å². The summed E-state index contributed by atoms with van der Waals surface area (Å²) >= 11 is 5.91. The van der Waals surface area contributed by atoms with Crippen LogP contribution < -0.4 is 15.8 Å². The number of halogens is 1. The second-order valence-electron chi connectivity index (χ2n) is 5.52. The van der Waals surface area contributed by atoms with Crippen LogP contribution in [0.1, 0.15) is 24.1 Å². The first-order chi connectivity index (χ1) is 11.0. The molecule has 2 rings (SSSR count). The maximum Gasteiger partial charge on any atom is 0.241 e. The predicted molar refractivity (Wildman–Crippen MR) is 92.7 cm³/mol. The summed E-state index contributed by atoms with van der Waals surface area (Å²) in [6, 6.07) is 14.1. The Hall–Kier alpha value is -2.04. The normalized spacial score (nSPS) is 13.2. The van der Waals surface area contributed by atoms with E-state index < -0.39 is 6.04 Å². The summed E-state index contributed by atoms with van der Waals surface area (Å²) in [4.78, 5) is 12.1. The average Bonchev–Trinajstić information content (AvgIpc) is 2.52. The largest absolute Gasteiger partial charge is 0.489 e. The van der Waals surface area contributed by atoms with E-state index in [9.17, 15) is 4.79 Å². The highest BCUT2D eigenvalue weighted by Gasteiger charge is 2.16. The first-order valence-electron chi connectivity index (χ1n) is 7.48. The summed E-state index contributed by atoms with van der Waals surface area (Å²) in [6.07, 6.45) is -0.192. The lowest BCUT2D eigenvalue weighted by Gasteiger charge is -2.18. The lowest BCUT2D eigenvalue weighted by molar-refractivity contribution is -0.122. The van der Waals surface area contributed by atoms with Gasteiger partial charge in [0, 0.05) is 5.02 Å². The van der Waals surface area contributed by atoms with Crippen molar-refractivity contribution in [3.63, 3.8) is 0 Å². The summed E-state index contributed by atoms with van der Waals surface area (Å²) < 4.78 is 5.71. The Kier molecular flexibility index (Phi) is 6.02. The van der Waals surface area contributed by atoms with E-state index in [2.05, 4.69) is 5.32 Å². The second-order valence-corrected chi connectivity index (χ2v) is 5.96. The van der Waals surface area contributed by atoms with Crippen LogP contribution >= 0.6 is 11.6 Å². The van der Waals surface area contributed by atoms with Crippen molar-refractivity contribution in [3.8, 4) is 5.75 Å². The molecule has 23 heavy (non-hydrogen) atoms. The molecule has 0 saturated carbocycles. The van der Waals surface area contributed by atoms with Crippen molar-refractivity contribution in [1.82, 2.24) is 5.32 Å². The number of ether oxygens (including phenoxy) is 1. The molecule has 3 N–H and O–H groups in total. The molecule has 0 aliphatic carbocycles.